The molecule has 28 heavy (non-hydrogen) atoms. The second kappa shape index (κ2) is 7.30. The Bertz CT molecular complexity index is 901. The summed E-state index contributed by atoms with van der Waals surface area (Å²) in [4.78, 5) is 29.1. The van der Waals surface area contributed by atoms with Gasteiger partial charge in [0, 0.05) is 12.6 Å². The minimum atomic E-state index is -4.77. The molecule has 0 saturated heterocycles. The number of guanidine groups is 1. The van der Waals surface area contributed by atoms with Gasteiger partial charge < -0.3 is 15.0 Å². The summed E-state index contributed by atoms with van der Waals surface area (Å²) in [5, 5.41) is 2.53. The molecule has 0 radical (unpaired) electrons. The minimum Gasteiger partial charge on any atom is -0.468 e. The average molecular weight is 421 g/mol. The Kier molecular flexibility index (Phi) is 5.20. The zero-order chi connectivity index (χ0) is 20.6. The second-order valence-corrected chi connectivity index (χ2v) is 6.15. The molecule has 2 aliphatic heterocycles. The third-order valence-electron chi connectivity index (χ3n) is 4.01. The van der Waals surface area contributed by atoms with Gasteiger partial charge >= 0.3 is 12.1 Å². The zero-order valence-electron chi connectivity index (χ0n) is 14.3. The number of halogens is 5. The lowest BCUT2D eigenvalue weighted by atomic mass is 10.2. The molecule has 1 amide bonds. The molecule has 0 atom stereocenters. The van der Waals surface area contributed by atoms with E-state index in [1.807, 2.05) is 0 Å². The molecule has 1 N–H and O–H groups in total. The van der Waals surface area contributed by atoms with Crippen LogP contribution in [0.5, 0.6) is 0 Å². The number of amides is 1. The highest BCUT2D eigenvalue weighted by atomic mass is 35.5. The summed E-state index contributed by atoms with van der Waals surface area (Å²) in [6.45, 7) is -0.386. The van der Waals surface area contributed by atoms with E-state index in [4.69, 9.17) is 11.6 Å². The van der Waals surface area contributed by atoms with Crippen molar-refractivity contribution in [3.63, 3.8) is 0 Å². The number of esters is 1. The van der Waals surface area contributed by atoms with E-state index in [-0.39, 0.29) is 42.0 Å². The first-order valence-electron chi connectivity index (χ1n) is 7.88. The molecule has 0 fully saturated rings. The van der Waals surface area contributed by atoms with E-state index in [1.54, 1.807) is 0 Å². The van der Waals surface area contributed by atoms with Gasteiger partial charge in [0.1, 0.15) is 18.1 Å². The maximum atomic E-state index is 14.5. The van der Waals surface area contributed by atoms with Gasteiger partial charge in [-0.05, 0) is 12.1 Å². The highest BCUT2D eigenvalue weighted by Crippen LogP contribution is 2.37. The summed E-state index contributed by atoms with van der Waals surface area (Å²) >= 11 is 5.94. The summed E-state index contributed by atoms with van der Waals surface area (Å²) in [6.07, 6.45) is -4.38. The minimum absolute atomic E-state index is 0.00912. The van der Waals surface area contributed by atoms with Crippen LogP contribution in [0.3, 0.4) is 0 Å². The van der Waals surface area contributed by atoms with Gasteiger partial charge in [0.05, 0.1) is 30.1 Å². The Hall–Kier alpha value is -2.82. The van der Waals surface area contributed by atoms with Gasteiger partial charge in [0.2, 0.25) is 5.96 Å². The van der Waals surface area contributed by atoms with Crippen molar-refractivity contribution in [2.24, 2.45) is 4.99 Å². The number of alkyl halides is 3. The van der Waals surface area contributed by atoms with Gasteiger partial charge in [-0.1, -0.05) is 11.6 Å². The standard InChI is InChI=1S/C16H13ClF4N4O3/c1-28-14(27)7-23-10-5-11(9(18)4-8(10)17)25-13(26)6-12(16(19,20)21)24-3-2-22-15(24)25/h4-6,23H,2-3,7H2,1H3. The number of ether oxygens (including phenoxy) is 1. The number of hydrogen-bond donors (Lipinski definition) is 1. The summed E-state index contributed by atoms with van der Waals surface area (Å²) in [5.74, 6) is -3.01. The predicted molar refractivity (Wildman–Crippen MR) is 92.5 cm³/mol. The van der Waals surface area contributed by atoms with Crippen molar-refractivity contribution >= 4 is 40.8 Å². The highest BCUT2D eigenvalue weighted by Gasteiger charge is 2.47. The fraction of sp³-hybridized carbons (Fsp3) is 0.312. The number of carbonyl (C=O) groups excluding carboxylic acids is 2. The fourth-order valence-electron chi connectivity index (χ4n) is 2.76. The SMILES string of the molecule is COC(=O)CNc1cc(N2C(=O)C=C(C(F)(F)F)N3CCN=C32)c(F)cc1Cl. The van der Waals surface area contributed by atoms with Gasteiger partial charge in [-0.2, -0.15) is 13.2 Å². The van der Waals surface area contributed by atoms with Crippen LogP contribution in [0.4, 0.5) is 28.9 Å². The Morgan fingerprint density at radius 3 is 2.75 bits per heavy atom. The molecule has 1 aromatic rings. The van der Waals surface area contributed by atoms with E-state index < -0.39 is 29.6 Å². The molecule has 0 bridgehead atoms. The lowest BCUT2D eigenvalue weighted by Crippen LogP contribution is -2.51. The molecule has 0 aliphatic carbocycles. The van der Waals surface area contributed by atoms with Crippen LogP contribution in [-0.2, 0) is 14.3 Å². The van der Waals surface area contributed by atoms with Crippen molar-refractivity contribution < 1.29 is 31.9 Å². The van der Waals surface area contributed by atoms with Crippen LogP contribution in [0.15, 0.2) is 28.9 Å². The molecule has 150 valence electrons. The summed E-state index contributed by atoms with van der Waals surface area (Å²) in [6, 6.07) is 2.00. The lowest BCUT2D eigenvalue weighted by molar-refractivity contribution is -0.138. The Morgan fingerprint density at radius 1 is 1.39 bits per heavy atom. The number of carbonyl (C=O) groups is 2. The van der Waals surface area contributed by atoms with Gasteiger partial charge in [-0.15, -0.1) is 0 Å². The fourth-order valence-corrected chi connectivity index (χ4v) is 2.98. The smallest absolute Gasteiger partial charge is 0.431 e. The number of nitrogens with zero attached hydrogens (tertiary/aromatic N) is 3. The number of methoxy groups -OCH3 is 1. The maximum Gasteiger partial charge on any atom is 0.431 e. The van der Waals surface area contributed by atoms with Gasteiger partial charge in [-0.25, -0.2) is 9.29 Å². The zero-order valence-corrected chi connectivity index (χ0v) is 15.1. The summed E-state index contributed by atoms with van der Waals surface area (Å²) in [5.41, 5.74) is -1.43. The second-order valence-electron chi connectivity index (χ2n) is 5.75. The van der Waals surface area contributed by atoms with Crippen LogP contribution >= 0.6 is 11.6 Å². The number of allylic oxidation sites excluding steroid dienone is 1. The van der Waals surface area contributed by atoms with Crippen LogP contribution in [0.2, 0.25) is 5.02 Å². The molecule has 2 heterocycles. The van der Waals surface area contributed by atoms with Crippen molar-refractivity contribution in [3.8, 4) is 0 Å². The highest BCUT2D eigenvalue weighted by molar-refractivity contribution is 6.33. The van der Waals surface area contributed by atoms with Crippen LogP contribution in [0.25, 0.3) is 0 Å². The monoisotopic (exact) mass is 420 g/mol. The number of benzene rings is 1. The third-order valence-corrected chi connectivity index (χ3v) is 4.32. The number of fused-ring (bicyclic) bond motifs is 1. The van der Waals surface area contributed by atoms with Crippen LogP contribution < -0.4 is 10.2 Å². The van der Waals surface area contributed by atoms with E-state index in [0.717, 1.165) is 21.9 Å². The Labute approximate surface area is 161 Å². The molecular formula is C16H13ClF4N4O3. The first-order valence-corrected chi connectivity index (χ1v) is 8.26. The van der Waals surface area contributed by atoms with Crippen LogP contribution in [0.1, 0.15) is 0 Å². The molecule has 0 aromatic heterocycles. The number of rotatable bonds is 4. The van der Waals surface area contributed by atoms with Crippen molar-refractivity contribution in [1.29, 1.82) is 0 Å². The van der Waals surface area contributed by atoms with E-state index in [0.29, 0.717) is 6.08 Å². The molecular weight excluding hydrogens is 408 g/mol. The summed E-state index contributed by atoms with van der Waals surface area (Å²) < 4.78 is 58.6. The molecule has 0 spiro atoms. The Morgan fingerprint density at radius 2 is 2.11 bits per heavy atom. The van der Waals surface area contributed by atoms with Gasteiger partial charge in [-0.3, -0.25) is 14.6 Å². The van der Waals surface area contributed by atoms with Gasteiger partial charge in [0.25, 0.3) is 5.91 Å². The van der Waals surface area contributed by atoms with Crippen molar-refractivity contribution in [1.82, 2.24) is 4.90 Å². The van der Waals surface area contributed by atoms with E-state index in [9.17, 15) is 27.2 Å². The molecule has 7 nitrogen and oxygen atoms in total. The third kappa shape index (κ3) is 3.61. The van der Waals surface area contributed by atoms with Gasteiger partial charge in [0.15, 0.2) is 0 Å². The number of anilines is 2. The molecule has 1 aromatic carbocycles. The van der Waals surface area contributed by atoms with Crippen molar-refractivity contribution in [2.75, 3.05) is 37.0 Å². The quantitative estimate of drug-likeness (QED) is 0.598. The Balaban J connectivity index is 2.02. The van der Waals surface area contributed by atoms with E-state index in [2.05, 4.69) is 15.0 Å². The topological polar surface area (TPSA) is 74.2 Å². The summed E-state index contributed by atoms with van der Waals surface area (Å²) in [7, 11) is 1.17. The molecule has 0 unspecified atom stereocenters. The molecule has 12 heteroatoms. The molecule has 0 saturated carbocycles. The lowest BCUT2D eigenvalue weighted by Gasteiger charge is -2.35. The maximum absolute atomic E-state index is 14.5. The number of nitrogens with one attached hydrogen (secondary N) is 1. The molecule has 3 rings (SSSR count). The van der Waals surface area contributed by atoms with E-state index >= 15 is 0 Å². The average Bonchev–Trinajstić information content (AvgIpc) is 3.09. The predicted octanol–water partition coefficient (Wildman–Crippen LogP) is 2.53. The van der Waals surface area contributed by atoms with E-state index in [1.165, 1.54) is 7.11 Å². The van der Waals surface area contributed by atoms with Crippen molar-refractivity contribution in [2.45, 2.75) is 6.18 Å². The van der Waals surface area contributed by atoms with Crippen LogP contribution in [0, 0.1) is 5.82 Å². The molecule has 2 aliphatic rings. The first-order chi connectivity index (χ1) is 13.1. The normalized spacial score (nSPS) is 16.6. The first kappa shape index (κ1) is 19.9. The number of aliphatic imine (C=N–C) groups is 1. The van der Waals surface area contributed by atoms with Crippen molar-refractivity contribution in [3.05, 3.63) is 34.7 Å². The van der Waals surface area contributed by atoms with Crippen LogP contribution in [-0.4, -0.2) is 55.7 Å². The number of hydrogen-bond acceptors (Lipinski definition) is 6. The largest absolute Gasteiger partial charge is 0.468 e.